The van der Waals surface area contributed by atoms with Gasteiger partial charge in [-0.15, -0.1) is 0 Å². The van der Waals surface area contributed by atoms with Gasteiger partial charge in [0.25, 0.3) is 0 Å². The van der Waals surface area contributed by atoms with Gasteiger partial charge in [-0.05, 0) is 44.4 Å². The molecule has 0 unspecified atom stereocenters. The van der Waals surface area contributed by atoms with Gasteiger partial charge in [-0.2, -0.15) is 4.31 Å². The van der Waals surface area contributed by atoms with Crippen molar-refractivity contribution in [2.24, 2.45) is 0 Å². The summed E-state index contributed by atoms with van der Waals surface area (Å²) < 4.78 is 34.2. The van der Waals surface area contributed by atoms with Gasteiger partial charge in [0, 0.05) is 24.2 Å². The van der Waals surface area contributed by atoms with E-state index in [9.17, 15) is 18.0 Å². The van der Waals surface area contributed by atoms with Gasteiger partial charge in [0.1, 0.15) is 6.61 Å². The maximum atomic E-state index is 13.0. The van der Waals surface area contributed by atoms with Gasteiger partial charge < -0.3 is 4.74 Å². The van der Waals surface area contributed by atoms with Crippen LogP contribution in [0.5, 0.6) is 0 Å². The van der Waals surface area contributed by atoms with E-state index in [1.807, 2.05) is 6.92 Å². The smallest absolute Gasteiger partial charge is 0.338 e. The molecule has 0 radical (unpaired) electrons. The molecule has 2 aromatic rings. The van der Waals surface area contributed by atoms with Crippen LogP contribution in [0.3, 0.4) is 0 Å². The summed E-state index contributed by atoms with van der Waals surface area (Å²) in [4.78, 5) is 24.1. The third-order valence-corrected chi connectivity index (χ3v) is 7.80. The molecule has 2 heterocycles. The van der Waals surface area contributed by atoms with Crippen molar-refractivity contribution < 1.29 is 17.9 Å². The van der Waals surface area contributed by atoms with Gasteiger partial charge in [-0.3, -0.25) is 9.36 Å². The average molecular weight is 425 g/mol. The Morgan fingerprint density at radius 1 is 1.18 bits per heavy atom. The molecule has 1 aliphatic rings. The number of aryl methyl sites for hydroxylation is 2. The number of benzene rings is 1. The molecule has 1 aromatic heterocycles. The highest BCUT2D eigenvalue weighted by Crippen LogP contribution is 2.24. The van der Waals surface area contributed by atoms with Gasteiger partial charge >= 0.3 is 10.8 Å². The zero-order chi connectivity index (χ0) is 20.3. The number of carbonyl (C=O) groups excluding carboxylic acids is 1. The van der Waals surface area contributed by atoms with Gasteiger partial charge in [-0.25, -0.2) is 13.2 Å². The lowest BCUT2D eigenvalue weighted by Gasteiger charge is -2.26. The first-order valence-corrected chi connectivity index (χ1v) is 11.6. The van der Waals surface area contributed by atoms with Crippen LogP contribution in [0.25, 0.3) is 0 Å². The van der Waals surface area contributed by atoms with E-state index in [1.165, 1.54) is 10.4 Å². The van der Waals surface area contributed by atoms with Crippen molar-refractivity contribution in [2.45, 2.75) is 44.6 Å². The van der Waals surface area contributed by atoms with Crippen LogP contribution >= 0.6 is 11.3 Å². The number of sulfonamides is 1. The summed E-state index contributed by atoms with van der Waals surface area (Å²) in [5.41, 5.74) is 1.61. The van der Waals surface area contributed by atoms with Crippen LogP contribution < -0.4 is 4.87 Å². The number of carbonyl (C=O) groups is 1. The standard InChI is InChI=1S/C19H24N2O5S2/c1-14-6-7-16(12-17(14)28(24,25)20-8-4-3-5-9-20)18(22)26-11-10-21-15(2)13-27-19(21)23/h6-7,12-13H,3-5,8-11H2,1-2H3. The minimum absolute atomic E-state index is 0.0401. The molecule has 0 saturated carbocycles. The van der Waals surface area contributed by atoms with E-state index in [1.54, 1.807) is 29.0 Å². The monoisotopic (exact) mass is 424 g/mol. The molecule has 0 aliphatic carbocycles. The molecule has 0 bridgehead atoms. The summed E-state index contributed by atoms with van der Waals surface area (Å²) in [5, 5.41) is 1.75. The summed E-state index contributed by atoms with van der Waals surface area (Å²) in [5.74, 6) is -0.601. The van der Waals surface area contributed by atoms with Crippen LogP contribution in [0, 0.1) is 13.8 Å². The summed E-state index contributed by atoms with van der Waals surface area (Å²) >= 11 is 1.10. The number of rotatable bonds is 6. The fourth-order valence-electron chi connectivity index (χ4n) is 3.24. The van der Waals surface area contributed by atoms with Crippen molar-refractivity contribution in [1.29, 1.82) is 0 Å². The van der Waals surface area contributed by atoms with Crippen LogP contribution in [0.2, 0.25) is 0 Å². The van der Waals surface area contributed by atoms with Crippen molar-refractivity contribution >= 4 is 27.3 Å². The normalized spacial score (nSPS) is 15.5. The Morgan fingerprint density at radius 3 is 2.54 bits per heavy atom. The van der Waals surface area contributed by atoms with E-state index in [-0.39, 0.29) is 28.5 Å². The number of thiazole rings is 1. The van der Waals surface area contributed by atoms with Gasteiger partial charge in [0.05, 0.1) is 17.0 Å². The maximum absolute atomic E-state index is 13.0. The minimum atomic E-state index is -3.63. The third kappa shape index (κ3) is 4.37. The Kier molecular flexibility index (Phi) is 6.36. The van der Waals surface area contributed by atoms with Crippen molar-refractivity contribution in [3.05, 3.63) is 50.1 Å². The predicted octanol–water partition coefficient (Wildman–Crippen LogP) is 2.56. The number of hydrogen-bond donors (Lipinski definition) is 0. The van der Waals surface area contributed by atoms with Gasteiger partial charge in [-0.1, -0.05) is 23.8 Å². The van der Waals surface area contributed by atoms with E-state index < -0.39 is 16.0 Å². The van der Waals surface area contributed by atoms with Crippen molar-refractivity contribution in [2.75, 3.05) is 19.7 Å². The zero-order valence-electron chi connectivity index (χ0n) is 16.0. The molecule has 0 spiro atoms. The zero-order valence-corrected chi connectivity index (χ0v) is 17.6. The summed E-state index contributed by atoms with van der Waals surface area (Å²) in [7, 11) is -3.63. The number of aromatic nitrogens is 1. The lowest BCUT2D eigenvalue weighted by atomic mass is 10.1. The molecule has 1 aliphatic heterocycles. The topological polar surface area (TPSA) is 85.7 Å². The summed E-state index contributed by atoms with van der Waals surface area (Å²) in [6.45, 7) is 4.86. The van der Waals surface area contributed by atoms with E-state index in [4.69, 9.17) is 4.74 Å². The Balaban J connectivity index is 1.73. The molecule has 7 nitrogen and oxygen atoms in total. The Hall–Kier alpha value is -1.97. The second-order valence-electron chi connectivity index (χ2n) is 6.88. The molecule has 1 aromatic carbocycles. The maximum Gasteiger partial charge on any atom is 0.338 e. The largest absolute Gasteiger partial charge is 0.460 e. The Bertz CT molecular complexity index is 1020. The number of hydrogen-bond acceptors (Lipinski definition) is 6. The van der Waals surface area contributed by atoms with E-state index in [0.29, 0.717) is 18.7 Å². The highest BCUT2D eigenvalue weighted by Gasteiger charge is 2.28. The molecule has 152 valence electrons. The minimum Gasteiger partial charge on any atom is -0.460 e. The van der Waals surface area contributed by atoms with Crippen LogP contribution in [0.1, 0.15) is 40.9 Å². The molecular formula is C19H24N2O5S2. The highest BCUT2D eigenvalue weighted by atomic mass is 32.2. The van der Waals surface area contributed by atoms with Gasteiger partial charge in [0.2, 0.25) is 10.0 Å². The Labute approximate surface area is 168 Å². The molecule has 28 heavy (non-hydrogen) atoms. The van der Waals surface area contributed by atoms with Gasteiger partial charge in [0.15, 0.2) is 0 Å². The molecule has 1 fully saturated rings. The Morgan fingerprint density at radius 2 is 1.89 bits per heavy atom. The molecule has 1 saturated heterocycles. The lowest BCUT2D eigenvalue weighted by molar-refractivity contribution is 0.0490. The van der Waals surface area contributed by atoms with Crippen LogP contribution in [-0.4, -0.2) is 43.0 Å². The lowest BCUT2D eigenvalue weighted by Crippen LogP contribution is -2.36. The number of nitrogens with zero attached hydrogens (tertiary/aromatic N) is 2. The van der Waals surface area contributed by atoms with Crippen LogP contribution in [-0.2, 0) is 21.3 Å². The van der Waals surface area contributed by atoms with Crippen LogP contribution in [0.4, 0.5) is 0 Å². The second kappa shape index (κ2) is 8.59. The van der Waals surface area contributed by atoms with E-state index >= 15 is 0 Å². The highest BCUT2D eigenvalue weighted by molar-refractivity contribution is 7.89. The molecular weight excluding hydrogens is 400 g/mol. The summed E-state index contributed by atoms with van der Waals surface area (Å²) in [6.07, 6.45) is 2.73. The van der Waals surface area contributed by atoms with Crippen LogP contribution in [0.15, 0.2) is 33.3 Å². The second-order valence-corrected chi connectivity index (χ2v) is 9.60. The number of esters is 1. The van der Waals surface area contributed by atoms with E-state index in [2.05, 4.69) is 0 Å². The first-order chi connectivity index (χ1) is 13.3. The average Bonchev–Trinajstić information content (AvgIpc) is 3.00. The van der Waals surface area contributed by atoms with Crippen molar-refractivity contribution in [3.8, 4) is 0 Å². The summed E-state index contributed by atoms with van der Waals surface area (Å²) in [6, 6.07) is 4.58. The van der Waals surface area contributed by atoms with Crippen molar-refractivity contribution in [1.82, 2.24) is 8.87 Å². The number of piperidine rings is 1. The molecule has 0 atom stereocenters. The fourth-order valence-corrected chi connectivity index (χ4v) is 5.77. The molecule has 0 N–H and O–H groups in total. The third-order valence-electron chi connectivity index (χ3n) is 4.88. The molecule has 9 heteroatoms. The van der Waals surface area contributed by atoms with Crippen molar-refractivity contribution in [3.63, 3.8) is 0 Å². The fraction of sp³-hybridized carbons (Fsp3) is 0.474. The first kappa shape index (κ1) is 20.8. The predicted molar refractivity (Wildman–Crippen MR) is 107 cm³/mol. The number of ether oxygens (including phenoxy) is 1. The first-order valence-electron chi connectivity index (χ1n) is 9.23. The SMILES string of the molecule is Cc1ccc(C(=O)OCCn2c(C)csc2=O)cc1S(=O)(=O)N1CCCCC1. The molecule has 3 rings (SSSR count). The molecule has 0 amide bonds. The quantitative estimate of drug-likeness (QED) is 0.666. The van der Waals surface area contributed by atoms with E-state index in [0.717, 1.165) is 36.3 Å².